The van der Waals surface area contributed by atoms with Crippen LogP contribution in [0.15, 0.2) is 43.1 Å². The van der Waals surface area contributed by atoms with Crippen LogP contribution in [0.3, 0.4) is 0 Å². The summed E-state index contributed by atoms with van der Waals surface area (Å²) in [5.41, 5.74) is 4.46. The molecule has 0 bridgehead atoms. The molecule has 5 aromatic rings. The largest absolute Gasteiger partial charge is 0.481 e. The average molecular weight is 578 g/mol. The van der Waals surface area contributed by atoms with E-state index in [4.69, 9.17) is 16.7 Å². The number of carbonyl (C=O) groups excluding carboxylic acids is 1. The number of nitrogens with zero attached hydrogens (tertiary/aromatic N) is 8. The Balaban J connectivity index is 1.08. The van der Waals surface area contributed by atoms with Gasteiger partial charge >= 0.3 is 5.97 Å². The molecule has 1 atom stereocenters. The van der Waals surface area contributed by atoms with E-state index in [1.807, 2.05) is 16.8 Å². The van der Waals surface area contributed by atoms with Crippen LogP contribution in [0.4, 0.5) is 10.1 Å². The molecule has 1 aliphatic heterocycles. The molecule has 0 radical (unpaired) electrons. The molecule has 2 fully saturated rings. The van der Waals surface area contributed by atoms with Crippen molar-refractivity contribution >= 4 is 40.2 Å². The van der Waals surface area contributed by atoms with Crippen LogP contribution in [0, 0.1) is 11.7 Å². The SMILES string of the molecule is O=C(NCc1ncn2ccc(Cl)c(F)c12)c1cn(Cc2cc3c(N4CCC(C(=O)O)C4)cc(C4CC4)nn3c2)nn1. The van der Waals surface area contributed by atoms with Gasteiger partial charge in [-0.15, -0.1) is 5.10 Å². The fraction of sp³-hybridized carbons (Fsp3) is 0.333. The van der Waals surface area contributed by atoms with Gasteiger partial charge in [-0.3, -0.25) is 9.59 Å². The number of anilines is 1. The number of aromatic nitrogens is 7. The Labute approximate surface area is 237 Å². The Kier molecular flexibility index (Phi) is 6.11. The summed E-state index contributed by atoms with van der Waals surface area (Å²) in [6.45, 7) is 1.49. The van der Waals surface area contributed by atoms with Gasteiger partial charge in [-0.25, -0.2) is 18.6 Å². The second kappa shape index (κ2) is 9.84. The van der Waals surface area contributed by atoms with Crippen molar-refractivity contribution in [3.05, 3.63) is 76.6 Å². The molecule has 14 heteroatoms. The normalized spacial score (nSPS) is 17.1. The van der Waals surface area contributed by atoms with E-state index in [1.54, 1.807) is 17.1 Å². The molecule has 41 heavy (non-hydrogen) atoms. The highest BCUT2D eigenvalue weighted by Crippen LogP contribution is 2.41. The van der Waals surface area contributed by atoms with E-state index in [9.17, 15) is 19.1 Å². The second-order valence-electron chi connectivity index (χ2n) is 10.6. The van der Waals surface area contributed by atoms with Crippen LogP contribution in [0.5, 0.6) is 0 Å². The number of amides is 1. The molecule has 2 aliphatic rings. The Morgan fingerprint density at radius 3 is 2.83 bits per heavy atom. The topological polar surface area (TPSA) is 135 Å². The summed E-state index contributed by atoms with van der Waals surface area (Å²) in [6, 6.07) is 5.55. The summed E-state index contributed by atoms with van der Waals surface area (Å²) < 4.78 is 19.4. The van der Waals surface area contributed by atoms with Crippen molar-refractivity contribution in [1.29, 1.82) is 0 Å². The van der Waals surface area contributed by atoms with Gasteiger partial charge in [0.1, 0.15) is 5.52 Å². The van der Waals surface area contributed by atoms with E-state index >= 15 is 0 Å². The number of carboxylic acid groups (broad SMARTS) is 1. The highest BCUT2D eigenvalue weighted by atomic mass is 35.5. The van der Waals surface area contributed by atoms with Crippen LogP contribution in [0.1, 0.15) is 52.6 Å². The summed E-state index contributed by atoms with van der Waals surface area (Å²) in [7, 11) is 0. The van der Waals surface area contributed by atoms with Crippen LogP contribution in [-0.2, 0) is 17.9 Å². The Morgan fingerprint density at radius 1 is 1.20 bits per heavy atom. The molecule has 2 N–H and O–H groups in total. The van der Waals surface area contributed by atoms with Crippen molar-refractivity contribution < 1.29 is 19.1 Å². The summed E-state index contributed by atoms with van der Waals surface area (Å²) in [5, 5.41) is 25.1. The molecule has 1 aliphatic carbocycles. The van der Waals surface area contributed by atoms with Crippen LogP contribution < -0.4 is 10.2 Å². The molecule has 7 rings (SSSR count). The zero-order chi connectivity index (χ0) is 28.2. The number of carbonyl (C=O) groups is 2. The van der Waals surface area contributed by atoms with E-state index in [-0.39, 0.29) is 28.7 Å². The lowest BCUT2D eigenvalue weighted by Crippen LogP contribution is -2.23. The van der Waals surface area contributed by atoms with Crippen molar-refractivity contribution in [2.24, 2.45) is 5.92 Å². The van der Waals surface area contributed by atoms with Crippen molar-refractivity contribution in [3.63, 3.8) is 0 Å². The predicted octanol–water partition coefficient (Wildman–Crippen LogP) is 3.13. The van der Waals surface area contributed by atoms with Gasteiger partial charge in [0.25, 0.3) is 5.91 Å². The zero-order valence-electron chi connectivity index (χ0n) is 21.7. The molecular formula is C27H25ClFN9O3. The Bertz CT molecular complexity index is 1830. The highest BCUT2D eigenvalue weighted by molar-refractivity contribution is 6.31. The van der Waals surface area contributed by atoms with E-state index in [0.29, 0.717) is 37.7 Å². The van der Waals surface area contributed by atoms with Gasteiger partial charge < -0.3 is 19.7 Å². The van der Waals surface area contributed by atoms with Gasteiger partial charge in [-0.1, -0.05) is 16.8 Å². The third kappa shape index (κ3) is 4.75. The summed E-state index contributed by atoms with van der Waals surface area (Å²) >= 11 is 5.90. The number of imidazole rings is 1. The molecule has 1 unspecified atom stereocenters. The van der Waals surface area contributed by atoms with Crippen LogP contribution >= 0.6 is 11.6 Å². The monoisotopic (exact) mass is 577 g/mol. The third-order valence-electron chi connectivity index (χ3n) is 7.70. The summed E-state index contributed by atoms with van der Waals surface area (Å²) in [4.78, 5) is 30.6. The fourth-order valence-corrected chi connectivity index (χ4v) is 5.53. The van der Waals surface area contributed by atoms with Crippen LogP contribution in [-0.4, -0.2) is 64.1 Å². The second-order valence-corrected chi connectivity index (χ2v) is 11.0. The van der Waals surface area contributed by atoms with Crippen molar-refractivity contribution in [2.45, 2.75) is 38.3 Å². The van der Waals surface area contributed by atoms with E-state index in [1.165, 1.54) is 16.8 Å². The lowest BCUT2D eigenvalue weighted by atomic mass is 10.1. The summed E-state index contributed by atoms with van der Waals surface area (Å²) in [5.74, 6) is -1.79. The maximum Gasteiger partial charge on any atom is 0.308 e. The number of carboxylic acids is 1. The minimum Gasteiger partial charge on any atom is -0.481 e. The number of hydrogen-bond acceptors (Lipinski definition) is 7. The number of nitrogens with one attached hydrogen (secondary N) is 1. The molecule has 1 amide bonds. The molecule has 12 nitrogen and oxygen atoms in total. The van der Waals surface area contributed by atoms with Crippen LogP contribution in [0.2, 0.25) is 5.02 Å². The molecule has 6 heterocycles. The number of rotatable bonds is 8. The van der Waals surface area contributed by atoms with E-state index in [2.05, 4.69) is 31.6 Å². The van der Waals surface area contributed by atoms with Crippen molar-refractivity contribution in [3.8, 4) is 0 Å². The first-order valence-electron chi connectivity index (χ1n) is 13.3. The van der Waals surface area contributed by atoms with Gasteiger partial charge in [0.15, 0.2) is 11.5 Å². The highest BCUT2D eigenvalue weighted by Gasteiger charge is 2.32. The minimum atomic E-state index is -0.767. The Morgan fingerprint density at radius 2 is 2.05 bits per heavy atom. The smallest absolute Gasteiger partial charge is 0.308 e. The molecule has 1 saturated carbocycles. The Hall–Kier alpha value is -4.52. The first-order valence-corrected chi connectivity index (χ1v) is 13.7. The first-order chi connectivity index (χ1) is 19.8. The van der Waals surface area contributed by atoms with E-state index in [0.717, 1.165) is 35.3 Å². The quantitative estimate of drug-likeness (QED) is 0.287. The molecule has 1 saturated heterocycles. The first kappa shape index (κ1) is 25.4. The summed E-state index contributed by atoms with van der Waals surface area (Å²) in [6.07, 6.45) is 9.35. The standard InChI is InChI=1S/C27H25ClFN9O3/c28-18-4-6-36-14-31-20(25(36)24(18)29)9-30-26(39)21-13-37(34-32-21)10-15-7-23-22(35-5-3-17(12-35)27(40)41)8-19(16-1-2-16)33-38(23)11-15/h4,6-8,11,13-14,16-17H,1-3,5,9-10,12H2,(H,30,39)(H,40,41). The van der Waals surface area contributed by atoms with Gasteiger partial charge in [0.2, 0.25) is 0 Å². The van der Waals surface area contributed by atoms with Gasteiger partial charge in [0, 0.05) is 31.4 Å². The van der Waals surface area contributed by atoms with Gasteiger partial charge in [0.05, 0.1) is 59.1 Å². The van der Waals surface area contributed by atoms with Gasteiger partial charge in [-0.2, -0.15) is 5.10 Å². The van der Waals surface area contributed by atoms with Crippen molar-refractivity contribution in [1.82, 2.24) is 39.3 Å². The van der Waals surface area contributed by atoms with Crippen LogP contribution in [0.25, 0.3) is 11.0 Å². The van der Waals surface area contributed by atoms with E-state index < -0.39 is 17.7 Å². The number of pyridine rings is 1. The third-order valence-corrected chi connectivity index (χ3v) is 7.99. The fourth-order valence-electron chi connectivity index (χ4n) is 5.38. The number of aliphatic carboxylic acids is 1. The maximum atomic E-state index is 14.5. The maximum absolute atomic E-state index is 14.5. The molecule has 0 aromatic carbocycles. The molecule has 0 spiro atoms. The lowest BCUT2D eigenvalue weighted by molar-refractivity contribution is -0.140. The van der Waals surface area contributed by atoms with Crippen molar-refractivity contribution in [2.75, 3.05) is 18.0 Å². The molecule has 5 aromatic heterocycles. The molecular weight excluding hydrogens is 553 g/mol. The van der Waals surface area contributed by atoms with Gasteiger partial charge in [-0.05, 0) is 43.0 Å². The zero-order valence-corrected chi connectivity index (χ0v) is 22.5. The lowest BCUT2D eigenvalue weighted by Gasteiger charge is -2.20. The average Bonchev–Trinajstić information content (AvgIpc) is 3.34. The number of hydrogen-bond donors (Lipinski definition) is 2. The number of fused-ring (bicyclic) bond motifs is 2. The molecule has 210 valence electrons. The predicted molar refractivity (Wildman–Crippen MR) is 146 cm³/mol. The number of halogens is 2. The minimum absolute atomic E-state index is 0.0126.